The van der Waals surface area contributed by atoms with E-state index in [1.807, 2.05) is 5.20 Å². The van der Waals surface area contributed by atoms with Crippen molar-refractivity contribution in [2.45, 2.75) is 124 Å². The fourth-order valence-electron chi connectivity index (χ4n) is 3.41. The lowest BCUT2D eigenvalue weighted by Crippen LogP contribution is -2.25. The van der Waals surface area contributed by atoms with Crippen molar-refractivity contribution in [2.24, 2.45) is 0 Å². The minimum Gasteiger partial charge on any atom is -0.0779 e. The van der Waals surface area contributed by atoms with Gasteiger partial charge in [0.1, 0.15) is 0 Å². The zero-order valence-corrected chi connectivity index (χ0v) is 21.3. The third kappa shape index (κ3) is 13.3. The number of allylic oxidation sites excluding steroid dienone is 4. The Labute approximate surface area is 174 Å². The standard InChI is InChI=1S/C23H45ISi/c1-7-10-13-15-17-21(20-22(24)18-16-14-11-8-2)23(19-12-9-3)25(4,5)6/h20H,7-19H2,1-6H3/b22-20-,23-21-. The van der Waals surface area contributed by atoms with E-state index in [9.17, 15) is 0 Å². The first-order chi connectivity index (χ1) is 11.9. The second-order valence-electron chi connectivity index (χ2n) is 8.57. The fraction of sp³-hybridized carbons (Fsp3) is 0.826. The normalized spacial score (nSPS) is 14.0. The second kappa shape index (κ2) is 15.5. The monoisotopic (exact) mass is 476 g/mol. The SMILES string of the molecule is CCCCCC/C(I)=C/C(CCCCCC)=C(/CCCC)[Si](C)(C)C. The van der Waals surface area contributed by atoms with Gasteiger partial charge < -0.3 is 0 Å². The molecule has 0 aromatic rings. The zero-order valence-electron chi connectivity index (χ0n) is 18.1. The van der Waals surface area contributed by atoms with Gasteiger partial charge in [-0.3, -0.25) is 0 Å². The molecule has 0 aromatic heterocycles. The Morgan fingerprint density at radius 3 is 1.68 bits per heavy atom. The van der Waals surface area contributed by atoms with Crippen LogP contribution in [0.1, 0.15) is 104 Å². The Bertz CT molecular complexity index is 387. The van der Waals surface area contributed by atoms with Crippen LogP contribution in [0.25, 0.3) is 0 Å². The van der Waals surface area contributed by atoms with Crippen LogP contribution in [0, 0.1) is 0 Å². The molecule has 0 saturated heterocycles. The Kier molecular flexibility index (Phi) is 15.7. The molecule has 0 nitrogen and oxygen atoms in total. The van der Waals surface area contributed by atoms with E-state index in [-0.39, 0.29) is 0 Å². The lowest BCUT2D eigenvalue weighted by molar-refractivity contribution is 0.663. The van der Waals surface area contributed by atoms with Crippen molar-refractivity contribution in [3.8, 4) is 0 Å². The lowest BCUT2D eigenvalue weighted by atomic mass is 10.0. The van der Waals surface area contributed by atoms with Crippen LogP contribution in [0.2, 0.25) is 19.6 Å². The average molecular weight is 477 g/mol. The first-order valence-electron chi connectivity index (χ1n) is 10.9. The van der Waals surface area contributed by atoms with Crippen molar-refractivity contribution in [1.29, 1.82) is 0 Å². The quantitative estimate of drug-likeness (QED) is 0.0955. The topological polar surface area (TPSA) is 0 Å². The number of rotatable bonds is 15. The first kappa shape index (κ1) is 25.4. The van der Waals surface area contributed by atoms with E-state index in [0.29, 0.717) is 0 Å². The minimum atomic E-state index is -1.23. The summed E-state index contributed by atoms with van der Waals surface area (Å²) in [4.78, 5) is 0. The maximum Gasteiger partial charge on any atom is 0.0727 e. The maximum absolute atomic E-state index is 2.62. The molecule has 0 heterocycles. The summed E-state index contributed by atoms with van der Waals surface area (Å²) < 4.78 is 1.59. The summed E-state index contributed by atoms with van der Waals surface area (Å²) in [7, 11) is -1.23. The van der Waals surface area contributed by atoms with Gasteiger partial charge in [0.05, 0.1) is 8.07 Å². The molecule has 0 atom stereocenters. The van der Waals surface area contributed by atoms with Crippen molar-refractivity contribution >= 4 is 30.7 Å². The van der Waals surface area contributed by atoms with E-state index < -0.39 is 8.07 Å². The Morgan fingerprint density at radius 1 is 0.680 bits per heavy atom. The summed E-state index contributed by atoms with van der Waals surface area (Å²) in [5.41, 5.74) is 1.73. The summed E-state index contributed by atoms with van der Waals surface area (Å²) >= 11 is 2.62. The van der Waals surface area contributed by atoms with E-state index in [4.69, 9.17) is 0 Å². The molecule has 2 heteroatoms. The van der Waals surface area contributed by atoms with Gasteiger partial charge >= 0.3 is 0 Å². The maximum atomic E-state index is 2.62. The minimum absolute atomic E-state index is 1.23. The van der Waals surface area contributed by atoms with Crippen molar-refractivity contribution in [1.82, 2.24) is 0 Å². The second-order valence-corrected chi connectivity index (χ2v) is 15.1. The summed E-state index contributed by atoms with van der Waals surface area (Å²) in [5.74, 6) is 0. The third-order valence-corrected chi connectivity index (χ3v) is 8.21. The lowest BCUT2D eigenvalue weighted by Gasteiger charge is -2.25. The van der Waals surface area contributed by atoms with Crippen molar-refractivity contribution < 1.29 is 0 Å². The molecular formula is C23H45ISi. The predicted molar refractivity (Wildman–Crippen MR) is 130 cm³/mol. The van der Waals surface area contributed by atoms with E-state index in [1.54, 1.807) is 9.15 Å². The number of unbranched alkanes of at least 4 members (excludes halogenated alkanes) is 7. The molecule has 25 heavy (non-hydrogen) atoms. The molecule has 0 aliphatic carbocycles. The summed E-state index contributed by atoms with van der Waals surface area (Å²) in [6, 6.07) is 0. The van der Waals surface area contributed by atoms with Crippen molar-refractivity contribution in [2.75, 3.05) is 0 Å². The molecule has 0 spiro atoms. The molecule has 0 aliphatic rings. The van der Waals surface area contributed by atoms with Gasteiger partial charge in [0.25, 0.3) is 0 Å². The number of hydrogen-bond donors (Lipinski definition) is 0. The Hall–Kier alpha value is 0.427. The van der Waals surface area contributed by atoms with Gasteiger partial charge in [-0.1, -0.05) is 109 Å². The molecule has 0 aliphatic heterocycles. The highest BCUT2D eigenvalue weighted by atomic mass is 127. The van der Waals surface area contributed by atoms with Gasteiger partial charge in [-0.25, -0.2) is 0 Å². The zero-order chi connectivity index (χ0) is 19.1. The third-order valence-electron chi connectivity index (χ3n) is 4.97. The molecular weight excluding hydrogens is 431 g/mol. The van der Waals surface area contributed by atoms with Crippen LogP contribution in [-0.4, -0.2) is 8.07 Å². The smallest absolute Gasteiger partial charge is 0.0727 e. The van der Waals surface area contributed by atoms with E-state index in [1.165, 1.54) is 83.5 Å². The summed E-state index contributed by atoms with van der Waals surface area (Å²) in [6.45, 7) is 14.6. The van der Waals surface area contributed by atoms with Gasteiger partial charge in [0.15, 0.2) is 0 Å². The van der Waals surface area contributed by atoms with E-state index >= 15 is 0 Å². The molecule has 0 rings (SSSR count). The molecule has 0 aromatic carbocycles. The molecule has 0 saturated carbocycles. The largest absolute Gasteiger partial charge is 0.0779 e. The molecule has 0 N–H and O–H groups in total. The van der Waals surface area contributed by atoms with Gasteiger partial charge in [-0.2, -0.15) is 0 Å². The number of halogens is 1. The highest BCUT2D eigenvalue weighted by molar-refractivity contribution is 14.1. The van der Waals surface area contributed by atoms with Gasteiger partial charge in [0, 0.05) is 0 Å². The van der Waals surface area contributed by atoms with Crippen LogP contribution in [0.15, 0.2) is 20.4 Å². The fourth-order valence-corrected chi connectivity index (χ4v) is 6.25. The molecule has 0 amide bonds. The number of hydrogen-bond acceptors (Lipinski definition) is 0. The van der Waals surface area contributed by atoms with Crippen LogP contribution in [-0.2, 0) is 0 Å². The van der Waals surface area contributed by atoms with Crippen LogP contribution >= 0.6 is 22.6 Å². The van der Waals surface area contributed by atoms with E-state index in [0.717, 1.165) is 0 Å². The molecule has 0 radical (unpaired) electrons. The van der Waals surface area contributed by atoms with Crippen LogP contribution in [0.4, 0.5) is 0 Å². The molecule has 148 valence electrons. The predicted octanol–water partition coefficient (Wildman–Crippen LogP) is 9.61. The van der Waals surface area contributed by atoms with E-state index in [2.05, 4.69) is 69.1 Å². The Morgan fingerprint density at radius 2 is 1.20 bits per heavy atom. The highest BCUT2D eigenvalue weighted by Gasteiger charge is 2.22. The van der Waals surface area contributed by atoms with Crippen molar-refractivity contribution in [3.63, 3.8) is 0 Å². The van der Waals surface area contributed by atoms with Crippen LogP contribution < -0.4 is 0 Å². The summed E-state index contributed by atoms with van der Waals surface area (Å²) in [6.07, 6.45) is 20.2. The van der Waals surface area contributed by atoms with Crippen LogP contribution in [0.5, 0.6) is 0 Å². The average Bonchev–Trinajstić information content (AvgIpc) is 2.54. The Balaban J connectivity index is 5.22. The first-order valence-corrected chi connectivity index (χ1v) is 15.5. The molecule has 0 bridgehead atoms. The van der Waals surface area contributed by atoms with Gasteiger partial charge in [0.2, 0.25) is 0 Å². The molecule has 0 unspecified atom stereocenters. The molecule has 0 fully saturated rings. The van der Waals surface area contributed by atoms with Crippen LogP contribution in [0.3, 0.4) is 0 Å². The summed E-state index contributed by atoms with van der Waals surface area (Å²) in [5, 5.41) is 1.86. The van der Waals surface area contributed by atoms with Crippen molar-refractivity contribution in [3.05, 3.63) is 20.4 Å². The van der Waals surface area contributed by atoms with Gasteiger partial charge in [-0.15, -0.1) is 0 Å². The van der Waals surface area contributed by atoms with Gasteiger partial charge in [-0.05, 0) is 58.3 Å². The highest BCUT2D eigenvalue weighted by Crippen LogP contribution is 2.30.